The predicted molar refractivity (Wildman–Crippen MR) is 114 cm³/mol. The van der Waals surface area contributed by atoms with E-state index >= 15 is 0 Å². The highest BCUT2D eigenvalue weighted by molar-refractivity contribution is 6.30. The summed E-state index contributed by atoms with van der Waals surface area (Å²) in [7, 11) is 0. The van der Waals surface area contributed by atoms with Crippen molar-refractivity contribution in [3.8, 4) is 0 Å². The van der Waals surface area contributed by atoms with Crippen molar-refractivity contribution >= 4 is 28.4 Å². The zero-order chi connectivity index (χ0) is 20.2. The third-order valence-corrected chi connectivity index (χ3v) is 5.14. The minimum atomic E-state index is -0.284. The number of nitrogens with one attached hydrogen (secondary N) is 1. The number of fused-ring (bicyclic) bond motifs is 1. The largest absolute Gasteiger partial charge is 0.352 e. The molecule has 5 heteroatoms. The fourth-order valence-electron chi connectivity index (χ4n) is 3.42. The van der Waals surface area contributed by atoms with Crippen molar-refractivity contribution in [2.24, 2.45) is 0 Å². The molecule has 0 saturated carbocycles. The van der Waals surface area contributed by atoms with Gasteiger partial charge in [0.2, 0.25) is 5.91 Å². The van der Waals surface area contributed by atoms with E-state index in [0.29, 0.717) is 18.1 Å². The number of hydrogen-bond acceptors (Lipinski definition) is 1. The Morgan fingerprint density at radius 2 is 1.62 bits per heavy atom. The SMILES string of the molecule is O=C(Cc1cn(Cc2ccc(Cl)cc2)c2ccccc12)NCc1ccc(F)cc1. The molecule has 4 aromatic rings. The van der Waals surface area contributed by atoms with Crippen molar-refractivity contribution in [1.29, 1.82) is 0 Å². The van der Waals surface area contributed by atoms with Crippen LogP contribution in [-0.2, 0) is 24.3 Å². The summed E-state index contributed by atoms with van der Waals surface area (Å²) in [4.78, 5) is 12.5. The highest BCUT2D eigenvalue weighted by Gasteiger charge is 2.12. The topological polar surface area (TPSA) is 34.0 Å². The number of rotatable bonds is 6. The molecule has 0 fully saturated rings. The molecular weight excluding hydrogens is 387 g/mol. The van der Waals surface area contributed by atoms with Gasteiger partial charge in [0, 0.05) is 35.2 Å². The van der Waals surface area contributed by atoms with E-state index < -0.39 is 0 Å². The van der Waals surface area contributed by atoms with Crippen LogP contribution in [0.25, 0.3) is 10.9 Å². The second kappa shape index (κ2) is 8.50. The van der Waals surface area contributed by atoms with Gasteiger partial charge in [-0.15, -0.1) is 0 Å². The van der Waals surface area contributed by atoms with Gasteiger partial charge in [-0.25, -0.2) is 4.39 Å². The fraction of sp³-hybridized carbons (Fsp3) is 0.125. The maximum Gasteiger partial charge on any atom is 0.224 e. The van der Waals surface area contributed by atoms with E-state index in [4.69, 9.17) is 11.6 Å². The molecule has 1 heterocycles. The first-order chi connectivity index (χ1) is 14.1. The van der Waals surface area contributed by atoms with Crippen molar-refractivity contribution in [3.63, 3.8) is 0 Å². The minimum Gasteiger partial charge on any atom is -0.352 e. The first-order valence-corrected chi connectivity index (χ1v) is 9.78. The summed E-state index contributed by atoms with van der Waals surface area (Å²) in [6, 6.07) is 22.0. The van der Waals surface area contributed by atoms with Crippen LogP contribution in [0.5, 0.6) is 0 Å². The number of amides is 1. The number of carbonyl (C=O) groups excluding carboxylic acids is 1. The molecule has 1 N–H and O–H groups in total. The highest BCUT2D eigenvalue weighted by Crippen LogP contribution is 2.23. The molecule has 1 amide bonds. The quantitative estimate of drug-likeness (QED) is 0.460. The fourth-order valence-corrected chi connectivity index (χ4v) is 3.55. The number of benzene rings is 3. The molecule has 1 aromatic heterocycles. The molecule has 0 saturated heterocycles. The Balaban J connectivity index is 1.50. The van der Waals surface area contributed by atoms with Crippen LogP contribution < -0.4 is 5.32 Å². The Labute approximate surface area is 173 Å². The Morgan fingerprint density at radius 1 is 0.931 bits per heavy atom. The molecule has 0 aliphatic heterocycles. The average molecular weight is 407 g/mol. The molecule has 4 rings (SSSR count). The summed E-state index contributed by atoms with van der Waals surface area (Å²) in [6.45, 7) is 1.08. The summed E-state index contributed by atoms with van der Waals surface area (Å²) < 4.78 is 15.2. The van der Waals surface area contributed by atoms with E-state index in [-0.39, 0.29) is 18.1 Å². The molecule has 0 unspecified atom stereocenters. The van der Waals surface area contributed by atoms with Crippen LogP contribution in [0, 0.1) is 5.82 Å². The van der Waals surface area contributed by atoms with Crippen LogP contribution in [0.3, 0.4) is 0 Å². The lowest BCUT2D eigenvalue weighted by atomic mass is 10.1. The zero-order valence-corrected chi connectivity index (χ0v) is 16.5. The number of nitrogens with zero attached hydrogens (tertiary/aromatic N) is 1. The molecule has 146 valence electrons. The van der Waals surface area contributed by atoms with E-state index in [1.54, 1.807) is 12.1 Å². The molecule has 0 atom stereocenters. The smallest absolute Gasteiger partial charge is 0.224 e. The Morgan fingerprint density at radius 3 is 2.38 bits per heavy atom. The normalized spacial score (nSPS) is 11.0. The van der Waals surface area contributed by atoms with Gasteiger partial charge in [-0.2, -0.15) is 0 Å². The number of para-hydroxylation sites is 1. The summed E-state index contributed by atoms with van der Waals surface area (Å²) in [5.41, 5.74) is 4.07. The lowest BCUT2D eigenvalue weighted by Crippen LogP contribution is -2.24. The molecule has 29 heavy (non-hydrogen) atoms. The molecule has 3 nitrogen and oxygen atoms in total. The molecule has 0 aliphatic carbocycles. The molecule has 0 radical (unpaired) electrons. The van der Waals surface area contributed by atoms with Gasteiger partial charge in [-0.3, -0.25) is 4.79 Å². The van der Waals surface area contributed by atoms with Crippen LogP contribution in [0.15, 0.2) is 79.0 Å². The van der Waals surface area contributed by atoms with Crippen molar-refractivity contribution in [2.75, 3.05) is 0 Å². The third kappa shape index (κ3) is 4.66. The summed E-state index contributed by atoms with van der Waals surface area (Å²) >= 11 is 5.98. The lowest BCUT2D eigenvalue weighted by molar-refractivity contribution is -0.120. The zero-order valence-electron chi connectivity index (χ0n) is 15.7. The van der Waals surface area contributed by atoms with Crippen LogP contribution in [0.4, 0.5) is 4.39 Å². The van der Waals surface area contributed by atoms with Gasteiger partial charge in [0.1, 0.15) is 5.82 Å². The maximum atomic E-state index is 13.0. The van der Waals surface area contributed by atoms with Gasteiger partial charge in [-0.1, -0.05) is 54.1 Å². The maximum absolute atomic E-state index is 13.0. The second-order valence-electron chi connectivity index (χ2n) is 7.01. The Hall–Kier alpha value is -3.11. The van der Waals surface area contributed by atoms with Crippen LogP contribution in [0.2, 0.25) is 5.02 Å². The van der Waals surface area contributed by atoms with E-state index in [9.17, 15) is 9.18 Å². The Kier molecular flexibility index (Phi) is 5.63. The Bertz CT molecular complexity index is 1130. The van der Waals surface area contributed by atoms with E-state index in [2.05, 4.69) is 16.0 Å². The number of aromatic nitrogens is 1. The third-order valence-electron chi connectivity index (χ3n) is 4.89. The van der Waals surface area contributed by atoms with Crippen LogP contribution >= 0.6 is 11.6 Å². The van der Waals surface area contributed by atoms with Crippen molar-refractivity contribution in [2.45, 2.75) is 19.5 Å². The molecular formula is C24H20ClFN2O. The van der Waals surface area contributed by atoms with Crippen molar-refractivity contribution < 1.29 is 9.18 Å². The van der Waals surface area contributed by atoms with E-state index in [1.807, 2.05) is 48.7 Å². The average Bonchev–Trinajstić information content (AvgIpc) is 3.07. The first kappa shape index (κ1) is 19.2. The van der Waals surface area contributed by atoms with Gasteiger partial charge in [0.25, 0.3) is 0 Å². The highest BCUT2D eigenvalue weighted by atomic mass is 35.5. The van der Waals surface area contributed by atoms with Crippen molar-refractivity contribution in [3.05, 3.63) is 107 Å². The van der Waals surface area contributed by atoms with E-state index in [0.717, 1.165) is 27.6 Å². The molecule has 0 spiro atoms. The van der Waals surface area contributed by atoms with Gasteiger partial charge in [0.05, 0.1) is 6.42 Å². The monoisotopic (exact) mass is 406 g/mol. The minimum absolute atomic E-state index is 0.0660. The van der Waals surface area contributed by atoms with Gasteiger partial charge in [0.15, 0.2) is 0 Å². The van der Waals surface area contributed by atoms with Crippen LogP contribution in [0.1, 0.15) is 16.7 Å². The second-order valence-corrected chi connectivity index (χ2v) is 7.44. The molecule has 3 aromatic carbocycles. The van der Waals surface area contributed by atoms with Gasteiger partial charge >= 0.3 is 0 Å². The summed E-state index contributed by atoms with van der Waals surface area (Å²) in [5.74, 6) is -0.350. The summed E-state index contributed by atoms with van der Waals surface area (Å²) in [6.07, 6.45) is 2.33. The summed E-state index contributed by atoms with van der Waals surface area (Å²) in [5, 5.41) is 4.69. The molecule has 0 bridgehead atoms. The number of hydrogen-bond donors (Lipinski definition) is 1. The standard InChI is InChI=1S/C24H20ClFN2O/c25-20-9-5-18(6-10-20)15-28-16-19(22-3-1-2-4-23(22)28)13-24(29)27-14-17-7-11-21(26)12-8-17/h1-12,16H,13-15H2,(H,27,29). The van der Waals surface area contributed by atoms with E-state index in [1.165, 1.54) is 12.1 Å². The lowest BCUT2D eigenvalue weighted by Gasteiger charge is -2.06. The number of carbonyl (C=O) groups is 1. The van der Waals surface area contributed by atoms with Crippen LogP contribution in [-0.4, -0.2) is 10.5 Å². The molecule has 0 aliphatic rings. The first-order valence-electron chi connectivity index (χ1n) is 9.41. The predicted octanol–water partition coefficient (Wildman–Crippen LogP) is 5.34. The number of halogens is 2. The van der Waals surface area contributed by atoms with Gasteiger partial charge < -0.3 is 9.88 Å². The van der Waals surface area contributed by atoms with Gasteiger partial charge in [-0.05, 0) is 47.0 Å². The van der Waals surface area contributed by atoms with Crippen molar-refractivity contribution in [1.82, 2.24) is 9.88 Å².